The van der Waals surface area contributed by atoms with Crippen LogP contribution in [-0.2, 0) is 14.3 Å². The lowest BCUT2D eigenvalue weighted by Gasteiger charge is -2.26. The highest BCUT2D eigenvalue weighted by molar-refractivity contribution is 5.88. The second-order valence-electron chi connectivity index (χ2n) is 4.18. The summed E-state index contributed by atoms with van der Waals surface area (Å²) in [7, 11) is 0. The Balaban J connectivity index is 3.07. The summed E-state index contributed by atoms with van der Waals surface area (Å²) in [4.78, 5) is 22.5. The number of carbonyl (C=O) groups excluding carboxylic acids is 1. The number of rotatable bonds is 3. The van der Waals surface area contributed by atoms with Crippen LogP contribution in [0.3, 0.4) is 0 Å². The number of carboxylic acid groups (broad SMARTS) is 1. The van der Waals surface area contributed by atoms with Crippen LogP contribution in [0.1, 0.15) is 27.2 Å². The molecule has 0 spiro atoms. The molecule has 5 nitrogen and oxygen atoms in total. The fourth-order valence-electron chi connectivity index (χ4n) is 1.97. The van der Waals surface area contributed by atoms with Crippen LogP contribution in [0.15, 0.2) is 0 Å². The van der Waals surface area contributed by atoms with Crippen LogP contribution >= 0.6 is 0 Å². The zero-order valence-corrected chi connectivity index (χ0v) is 9.06. The molecule has 0 saturated carbocycles. The van der Waals surface area contributed by atoms with Gasteiger partial charge in [0.1, 0.15) is 6.10 Å². The van der Waals surface area contributed by atoms with Gasteiger partial charge in [-0.15, -0.1) is 0 Å². The third kappa shape index (κ3) is 1.61. The third-order valence-corrected chi connectivity index (χ3v) is 2.98. The number of aliphatic hydroxyl groups is 1. The van der Waals surface area contributed by atoms with Crippen LogP contribution < -0.4 is 0 Å². The minimum absolute atomic E-state index is 0.0679. The van der Waals surface area contributed by atoms with Crippen LogP contribution in [0.25, 0.3) is 0 Å². The fraction of sp³-hybridized carbons (Fsp3) is 0.800. The molecule has 2 N–H and O–H groups in total. The van der Waals surface area contributed by atoms with E-state index in [4.69, 9.17) is 9.84 Å². The maximum Gasteiger partial charge on any atom is 0.350 e. The Labute approximate surface area is 88.0 Å². The highest BCUT2D eigenvalue weighted by atomic mass is 16.6. The molecular weight excluding hydrogens is 200 g/mol. The van der Waals surface area contributed by atoms with Crippen LogP contribution in [0, 0.1) is 11.8 Å². The monoisotopic (exact) mass is 216 g/mol. The molecule has 1 heterocycles. The minimum atomic E-state index is -1.76. The first-order valence-corrected chi connectivity index (χ1v) is 5.01. The molecule has 1 aliphatic heterocycles. The van der Waals surface area contributed by atoms with E-state index in [2.05, 4.69) is 0 Å². The van der Waals surface area contributed by atoms with E-state index in [1.165, 1.54) is 0 Å². The molecule has 5 heteroatoms. The second kappa shape index (κ2) is 3.81. The topological polar surface area (TPSA) is 83.8 Å². The Morgan fingerprint density at radius 3 is 2.33 bits per heavy atom. The number of carboxylic acids is 1. The maximum atomic E-state index is 11.5. The predicted molar refractivity (Wildman–Crippen MR) is 51.1 cm³/mol. The summed E-state index contributed by atoms with van der Waals surface area (Å²) < 4.78 is 4.86. The Morgan fingerprint density at radius 2 is 2.13 bits per heavy atom. The summed E-state index contributed by atoms with van der Waals surface area (Å²) in [6.07, 6.45) is -1.20. The van der Waals surface area contributed by atoms with Crippen LogP contribution in [0.2, 0.25) is 0 Å². The van der Waals surface area contributed by atoms with E-state index in [-0.39, 0.29) is 12.3 Å². The summed E-state index contributed by atoms with van der Waals surface area (Å²) in [5.74, 6) is -2.79. The van der Waals surface area contributed by atoms with E-state index >= 15 is 0 Å². The molecule has 0 aromatic carbocycles. The van der Waals surface area contributed by atoms with Crippen molar-refractivity contribution in [2.75, 3.05) is 0 Å². The standard InChI is InChI=1S/C10H16O5/c1-4-10(9(13)14)7(11)6(5(2)3)8(12)15-10/h5-7,11H,4H2,1-3H3,(H,13,14)/t6-,7+,10+/m1/s1. The van der Waals surface area contributed by atoms with Gasteiger partial charge in [-0.25, -0.2) is 4.79 Å². The van der Waals surface area contributed by atoms with Crippen molar-refractivity contribution < 1.29 is 24.5 Å². The molecule has 1 rings (SSSR count). The van der Waals surface area contributed by atoms with Crippen molar-refractivity contribution in [2.45, 2.75) is 38.9 Å². The lowest BCUT2D eigenvalue weighted by Crippen LogP contribution is -2.48. The van der Waals surface area contributed by atoms with Crippen LogP contribution in [0.5, 0.6) is 0 Å². The number of ether oxygens (including phenoxy) is 1. The van der Waals surface area contributed by atoms with Gasteiger partial charge >= 0.3 is 11.9 Å². The predicted octanol–water partition coefficient (Wildman–Crippen LogP) is 0.410. The average molecular weight is 216 g/mol. The summed E-state index contributed by atoms with van der Waals surface area (Å²) in [6.45, 7) is 5.08. The smallest absolute Gasteiger partial charge is 0.350 e. The largest absolute Gasteiger partial charge is 0.478 e. The highest BCUT2D eigenvalue weighted by Gasteiger charge is 2.59. The van der Waals surface area contributed by atoms with Gasteiger partial charge < -0.3 is 14.9 Å². The molecule has 0 aromatic rings. The lowest BCUT2D eigenvalue weighted by molar-refractivity contribution is -0.176. The van der Waals surface area contributed by atoms with Gasteiger partial charge in [-0.05, 0) is 12.3 Å². The quantitative estimate of drug-likeness (QED) is 0.667. The van der Waals surface area contributed by atoms with E-state index in [9.17, 15) is 14.7 Å². The Bertz CT molecular complexity index is 286. The first-order valence-electron chi connectivity index (χ1n) is 5.01. The van der Waals surface area contributed by atoms with Crippen molar-refractivity contribution in [1.29, 1.82) is 0 Å². The number of esters is 1. The van der Waals surface area contributed by atoms with Gasteiger partial charge in [-0.2, -0.15) is 0 Å². The summed E-state index contributed by atoms with van der Waals surface area (Å²) in [5, 5.41) is 18.9. The van der Waals surface area contributed by atoms with E-state index in [0.29, 0.717) is 0 Å². The molecule has 0 unspecified atom stereocenters. The number of cyclic esters (lactones) is 1. The van der Waals surface area contributed by atoms with Gasteiger partial charge in [0.15, 0.2) is 0 Å². The number of carbonyl (C=O) groups is 2. The van der Waals surface area contributed by atoms with E-state index in [1.807, 2.05) is 0 Å². The highest BCUT2D eigenvalue weighted by Crippen LogP contribution is 2.38. The van der Waals surface area contributed by atoms with E-state index < -0.39 is 29.6 Å². The average Bonchev–Trinajstić information content (AvgIpc) is 2.38. The van der Waals surface area contributed by atoms with Gasteiger partial charge in [0.05, 0.1) is 5.92 Å². The van der Waals surface area contributed by atoms with Crippen molar-refractivity contribution in [3.8, 4) is 0 Å². The first-order chi connectivity index (χ1) is 6.86. The molecule has 86 valence electrons. The first kappa shape index (κ1) is 12.0. The maximum absolute atomic E-state index is 11.5. The van der Waals surface area contributed by atoms with Gasteiger partial charge in [0.25, 0.3) is 0 Å². The molecule has 0 bridgehead atoms. The fourth-order valence-corrected chi connectivity index (χ4v) is 1.97. The molecule has 1 fully saturated rings. The Hall–Kier alpha value is -1.10. The van der Waals surface area contributed by atoms with Crippen LogP contribution in [0.4, 0.5) is 0 Å². The van der Waals surface area contributed by atoms with Crippen molar-refractivity contribution in [2.24, 2.45) is 11.8 Å². The number of hydrogen-bond donors (Lipinski definition) is 2. The molecule has 1 saturated heterocycles. The number of aliphatic carboxylic acids is 1. The van der Waals surface area contributed by atoms with Crippen LogP contribution in [-0.4, -0.2) is 33.9 Å². The number of hydrogen-bond acceptors (Lipinski definition) is 4. The minimum Gasteiger partial charge on any atom is -0.478 e. The lowest BCUT2D eigenvalue weighted by atomic mass is 9.82. The molecule has 0 radical (unpaired) electrons. The van der Waals surface area contributed by atoms with E-state index in [1.54, 1.807) is 20.8 Å². The zero-order valence-electron chi connectivity index (χ0n) is 9.06. The molecule has 0 amide bonds. The van der Waals surface area contributed by atoms with Gasteiger partial charge in [-0.3, -0.25) is 4.79 Å². The van der Waals surface area contributed by atoms with Crippen molar-refractivity contribution >= 4 is 11.9 Å². The van der Waals surface area contributed by atoms with E-state index in [0.717, 1.165) is 0 Å². The SMILES string of the molecule is CC[C@]1(C(=O)O)OC(=O)[C@H](C(C)C)[C@@H]1O. The zero-order chi connectivity index (χ0) is 11.8. The van der Waals surface area contributed by atoms with Crippen molar-refractivity contribution in [1.82, 2.24) is 0 Å². The Kier molecular flexibility index (Phi) is 3.04. The van der Waals surface area contributed by atoms with Gasteiger partial charge in [0.2, 0.25) is 5.60 Å². The number of aliphatic hydroxyl groups excluding tert-OH is 1. The molecular formula is C10H16O5. The molecule has 0 aliphatic carbocycles. The third-order valence-electron chi connectivity index (χ3n) is 2.98. The molecule has 1 aliphatic rings. The molecule has 3 atom stereocenters. The molecule has 0 aromatic heterocycles. The van der Waals surface area contributed by atoms with Crippen molar-refractivity contribution in [3.63, 3.8) is 0 Å². The van der Waals surface area contributed by atoms with Gasteiger partial charge in [0, 0.05) is 0 Å². The molecule has 15 heavy (non-hydrogen) atoms. The normalized spacial score (nSPS) is 35.7. The van der Waals surface area contributed by atoms with Crippen molar-refractivity contribution in [3.05, 3.63) is 0 Å². The second-order valence-corrected chi connectivity index (χ2v) is 4.18. The summed E-state index contributed by atoms with van der Waals surface area (Å²) >= 11 is 0. The summed E-state index contributed by atoms with van der Waals surface area (Å²) in [5.41, 5.74) is -1.76. The summed E-state index contributed by atoms with van der Waals surface area (Å²) in [6, 6.07) is 0. The Morgan fingerprint density at radius 1 is 1.60 bits per heavy atom. The van der Waals surface area contributed by atoms with Gasteiger partial charge in [-0.1, -0.05) is 20.8 Å².